The Bertz CT molecular complexity index is 810. The summed E-state index contributed by atoms with van der Waals surface area (Å²) in [5, 5.41) is 4.46. The van der Waals surface area contributed by atoms with Gasteiger partial charge in [0.25, 0.3) is 5.91 Å². The SMILES string of the molecule is COc1ccc(CNC(=O)C(C)OC(=O)CCn2c(C)csc2=O)cc1. The number of carbonyl (C=O) groups excluding carboxylic acids is 2. The fourth-order valence-corrected chi connectivity index (χ4v) is 3.02. The molecule has 1 heterocycles. The molecule has 1 aromatic heterocycles. The molecule has 0 fully saturated rings. The Morgan fingerprint density at radius 2 is 1.96 bits per heavy atom. The number of aryl methyl sites for hydroxylation is 1. The smallest absolute Gasteiger partial charge is 0.308 e. The highest BCUT2D eigenvalue weighted by atomic mass is 32.1. The Balaban J connectivity index is 1.76. The number of nitrogens with one attached hydrogen (secondary N) is 1. The molecule has 1 unspecified atom stereocenters. The van der Waals surface area contributed by atoms with Gasteiger partial charge in [0.1, 0.15) is 5.75 Å². The lowest BCUT2D eigenvalue weighted by Crippen LogP contribution is -2.35. The molecule has 2 rings (SSSR count). The number of amides is 1. The molecule has 1 N–H and O–H groups in total. The molecular formula is C18H22N2O5S. The molecule has 26 heavy (non-hydrogen) atoms. The lowest BCUT2D eigenvalue weighted by Gasteiger charge is -2.14. The zero-order valence-corrected chi connectivity index (χ0v) is 15.8. The third-order valence-electron chi connectivity index (χ3n) is 3.82. The van der Waals surface area contributed by atoms with Crippen LogP contribution in [0.2, 0.25) is 0 Å². The summed E-state index contributed by atoms with van der Waals surface area (Å²) in [6.07, 6.45) is -0.867. The number of esters is 1. The van der Waals surface area contributed by atoms with Gasteiger partial charge in [-0.3, -0.25) is 14.4 Å². The van der Waals surface area contributed by atoms with Gasteiger partial charge in [-0.2, -0.15) is 0 Å². The van der Waals surface area contributed by atoms with Crippen LogP contribution in [0.15, 0.2) is 34.4 Å². The average molecular weight is 378 g/mol. The molecule has 0 aliphatic carbocycles. The first-order valence-corrected chi connectivity index (χ1v) is 9.03. The predicted octanol–water partition coefficient (Wildman–Crippen LogP) is 1.87. The van der Waals surface area contributed by atoms with Gasteiger partial charge in [-0.15, -0.1) is 0 Å². The number of hydrogen-bond acceptors (Lipinski definition) is 6. The number of carbonyl (C=O) groups is 2. The van der Waals surface area contributed by atoms with Crippen LogP contribution in [0.3, 0.4) is 0 Å². The van der Waals surface area contributed by atoms with Crippen molar-refractivity contribution in [2.24, 2.45) is 0 Å². The largest absolute Gasteiger partial charge is 0.497 e. The van der Waals surface area contributed by atoms with Gasteiger partial charge in [0.2, 0.25) is 0 Å². The first-order chi connectivity index (χ1) is 12.4. The molecule has 0 saturated heterocycles. The normalized spacial score (nSPS) is 11.7. The van der Waals surface area contributed by atoms with Crippen LogP contribution in [-0.4, -0.2) is 29.7 Å². The second-order valence-electron chi connectivity index (χ2n) is 5.74. The summed E-state index contributed by atoms with van der Waals surface area (Å²) in [7, 11) is 1.59. The summed E-state index contributed by atoms with van der Waals surface area (Å²) in [6, 6.07) is 7.30. The Morgan fingerprint density at radius 1 is 1.27 bits per heavy atom. The maximum atomic E-state index is 12.0. The van der Waals surface area contributed by atoms with Crippen LogP contribution in [0.4, 0.5) is 0 Å². The van der Waals surface area contributed by atoms with Gasteiger partial charge in [-0.25, -0.2) is 0 Å². The highest BCUT2D eigenvalue weighted by Crippen LogP contribution is 2.11. The van der Waals surface area contributed by atoms with E-state index in [1.54, 1.807) is 31.5 Å². The Kier molecular flexibility index (Phi) is 6.97. The van der Waals surface area contributed by atoms with E-state index in [4.69, 9.17) is 9.47 Å². The number of rotatable bonds is 8. The first kappa shape index (κ1) is 19.7. The van der Waals surface area contributed by atoms with Crippen LogP contribution in [0, 0.1) is 6.92 Å². The number of nitrogens with zero attached hydrogens (tertiary/aromatic N) is 1. The molecule has 0 radical (unpaired) electrons. The molecule has 7 nitrogen and oxygen atoms in total. The summed E-state index contributed by atoms with van der Waals surface area (Å²) in [5.74, 6) is -0.157. The van der Waals surface area contributed by atoms with Gasteiger partial charge >= 0.3 is 10.8 Å². The third kappa shape index (κ3) is 5.45. The molecular weight excluding hydrogens is 356 g/mol. The number of hydrogen-bond donors (Lipinski definition) is 1. The van der Waals surface area contributed by atoms with Crippen LogP contribution in [0.5, 0.6) is 5.75 Å². The molecule has 8 heteroatoms. The minimum Gasteiger partial charge on any atom is -0.497 e. The monoisotopic (exact) mass is 378 g/mol. The van der Waals surface area contributed by atoms with Crippen molar-refractivity contribution in [3.63, 3.8) is 0 Å². The van der Waals surface area contributed by atoms with E-state index >= 15 is 0 Å². The van der Waals surface area contributed by atoms with Crippen molar-refractivity contribution in [3.8, 4) is 5.75 Å². The van der Waals surface area contributed by atoms with E-state index in [1.807, 2.05) is 12.1 Å². The summed E-state index contributed by atoms with van der Waals surface area (Å²) < 4.78 is 11.7. The minimum absolute atomic E-state index is 0.0353. The number of methoxy groups -OCH3 is 1. The maximum Gasteiger partial charge on any atom is 0.308 e. The van der Waals surface area contributed by atoms with Gasteiger partial charge < -0.3 is 19.4 Å². The van der Waals surface area contributed by atoms with Gasteiger partial charge in [0.15, 0.2) is 6.10 Å². The van der Waals surface area contributed by atoms with E-state index in [1.165, 1.54) is 11.5 Å². The highest BCUT2D eigenvalue weighted by Gasteiger charge is 2.18. The van der Waals surface area contributed by atoms with Crippen molar-refractivity contribution in [2.45, 2.75) is 39.5 Å². The molecule has 0 spiro atoms. The topological polar surface area (TPSA) is 86.6 Å². The van der Waals surface area contributed by atoms with E-state index in [0.717, 1.165) is 28.3 Å². The molecule has 1 atom stereocenters. The summed E-state index contributed by atoms with van der Waals surface area (Å²) in [4.78, 5) is 35.4. The van der Waals surface area contributed by atoms with Crippen LogP contribution in [0.1, 0.15) is 24.6 Å². The molecule has 1 amide bonds. The lowest BCUT2D eigenvalue weighted by molar-refractivity contribution is -0.155. The average Bonchev–Trinajstić information content (AvgIpc) is 2.96. The second-order valence-corrected chi connectivity index (χ2v) is 6.56. The first-order valence-electron chi connectivity index (χ1n) is 8.15. The summed E-state index contributed by atoms with van der Waals surface area (Å²) in [6.45, 7) is 3.89. The van der Waals surface area contributed by atoms with Crippen LogP contribution in [0.25, 0.3) is 0 Å². The zero-order chi connectivity index (χ0) is 19.1. The van der Waals surface area contributed by atoms with Crippen molar-refractivity contribution in [2.75, 3.05) is 7.11 Å². The van der Waals surface area contributed by atoms with Crippen molar-refractivity contribution in [1.82, 2.24) is 9.88 Å². The fourth-order valence-electron chi connectivity index (χ4n) is 2.26. The number of benzene rings is 1. The quantitative estimate of drug-likeness (QED) is 0.709. The summed E-state index contributed by atoms with van der Waals surface area (Å²) >= 11 is 1.09. The van der Waals surface area contributed by atoms with Crippen molar-refractivity contribution in [1.29, 1.82) is 0 Å². The van der Waals surface area contributed by atoms with E-state index < -0.39 is 12.1 Å². The molecule has 0 aliphatic rings. The minimum atomic E-state index is -0.902. The van der Waals surface area contributed by atoms with E-state index in [2.05, 4.69) is 5.32 Å². The van der Waals surface area contributed by atoms with Crippen LogP contribution in [-0.2, 0) is 27.4 Å². The lowest BCUT2D eigenvalue weighted by atomic mass is 10.2. The van der Waals surface area contributed by atoms with E-state index in [0.29, 0.717) is 6.54 Å². The van der Waals surface area contributed by atoms with Gasteiger partial charge in [-0.1, -0.05) is 23.5 Å². The molecule has 0 saturated carbocycles. The Morgan fingerprint density at radius 3 is 2.54 bits per heavy atom. The van der Waals surface area contributed by atoms with Gasteiger partial charge in [0.05, 0.1) is 13.5 Å². The van der Waals surface area contributed by atoms with Crippen LogP contribution >= 0.6 is 11.3 Å². The second kappa shape index (κ2) is 9.19. The van der Waals surface area contributed by atoms with E-state index in [9.17, 15) is 14.4 Å². The molecule has 2 aromatic rings. The van der Waals surface area contributed by atoms with Gasteiger partial charge in [-0.05, 0) is 31.5 Å². The maximum absolute atomic E-state index is 12.0. The Hall–Kier alpha value is -2.61. The zero-order valence-electron chi connectivity index (χ0n) is 15.0. The number of thiazole rings is 1. The molecule has 1 aromatic carbocycles. The Labute approximate surface area is 155 Å². The van der Waals surface area contributed by atoms with Crippen molar-refractivity contribution < 1.29 is 19.1 Å². The van der Waals surface area contributed by atoms with E-state index in [-0.39, 0.29) is 23.7 Å². The standard InChI is InChI=1S/C18H22N2O5S/c1-12-11-26-18(23)20(12)9-8-16(21)25-13(2)17(22)19-10-14-4-6-15(24-3)7-5-14/h4-7,11,13H,8-10H2,1-3H3,(H,19,22). The highest BCUT2D eigenvalue weighted by molar-refractivity contribution is 7.07. The van der Waals surface area contributed by atoms with Crippen LogP contribution < -0.4 is 14.9 Å². The molecule has 0 bridgehead atoms. The van der Waals surface area contributed by atoms with Crippen molar-refractivity contribution >= 4 is 23.2 Å². The van der Waals surface area contributed by atoms with Crippen molar-refractivity contribution in [3.05, 3.63) is 50.6 Å². The number of ether oxygens (including phenoxy) is 2. The molecule has 140 valence electrons. The van der Waals surface area contributed by atoms with Gasteiger partial charge in [0, 0.05) is 24.2 Å². The predicted molar refractivity (Wildman–Crippen MR) is 98.3 cm³/mol. The number of aromatic nitrogens is 1. The molecule has 0 aliphatic heterocycles. The third-order valence-corrected chi connectivity index (χ3v) is 4.70. The fraction of sp³-hybridized carbons (Fsp3) is 0.389. The summed E-state index contributed by atoms with van der Waals surface area (Å²) in [5.41, 5.74) is 1.71.